The topological polar surface area (TPSA) is 89.8 Å². The molecule has 154 valence electrons. The van der Waals surface area contributed by atoms with Crippen LogP contribution in [-0.4, -0.2) is 31.7 Å². The van der Waals surface area contributed by atoms with Crippen LogP contribution < -0.4 is 5.32 Å². The highest BCUT2D eigenvalue weighted by molar-refractivity contribution is 8.00. The second-order valence-electron chi connectivity index (χ2n) is 8.54. The van der Waals surface area contributed by atoms with Gasteiger partial charge < -0.3 is 5.32 Å². The third-order valence-electron chi connectivity index (χ3n) is 6.97. The quantitative estimate of drug-likeness (QED) is 0.468. The minimum absolute atomic E-state index is 0.00220. The number of thiazole rings is 1. The lowest BCUT2D eigenvalue weighted by atomic mass is 9.96. The molecule has 4 fully saturated rings. The maximum absolute atomic E-state index is 12.8. The summed E-state index contributed by atoms with van der Waals surface area (Å²) in [6.45, 7) is 0. The van der Waals surface area contributed by atoms with Crippen molar-refractivity contribution in [1.82, 2.24) is 20.0 Å². The number of amides is 1. The number of nitrogens with zero attached hydrogens (tertiary/aromatic N) is 4. The van der Waals surface area contributed by atoms with E-state index in [0.717, 1.165) is 37.7 Å². The predicted molar refractivity (Wildman–Crippen MR) is 119 cm³/mol. The first-order valence-electron chi connectivity index (χ1n) is 10.3. The predicted octanol–water partition coefficient (Wildman–Crippen LogP) is 3.81. The van der Waals surface area contributed by atoms with Gasteiger partial charge in [-0.2, -0.15) is 0 Å². The van der Waals surface area contributed by atoms with Gasteiger partial charge in [-0.15, -0.1) is 16.4 Å². The number of hydrogen-bond donors (Lipinski definition) is 1. The monoisotopic (exact) mass is 447 g/mol. The molecule has 0 saturated heterocycles. The highest BCUT2D eigenvalue weighted by atomic mass is 32.2. The molecule has 31 heavy (non-hydrogen) atoms. The van der Waals surface area contributed by atoms with Crippen molar-refractivity contribution in [2.24, 2.45) is 29.6 Å². The molecule has 8 rings (SSSR count). The van der Waals surface area contributed by atoms with Crippen molar-refractivity contribution in [2.45, 2.75) is 16.6 Å². The molecule has 5 unspecified atom stereocenters. The molecule has 2 aromatic heterocycles. The van der Waals surface area contributed by atoms with Crippen molar-refractivity contribution in [2.75, 3.05) is 5.32 Å². The maximum atomic E-state index is 12.8. The second-order valence-corrected chi connectivity index (χ2v) is 10.8. The Balaban J connectivity index is 1.07. The van der Waals surface area contributed by atoms with Crippen molar-refractivity contribution in [3.05, 3.63) is 42.5 Å². The number of hydrogen-bond acceptors (Lipinski definition) is 7. The van der Waals surface area contributed by atoms with Crippen LogP contribution >= 0.6 is 23.1 Å². The molecular formula is C22H17N5O2S2. The van der Waals surface area contributed by atoms with Gasteiger partial charge in [0.1, 0.15) is 11.3 Å². The van der Waals surface area contributed by atoms with Crippen LogP contribution in [-0.2, 0) is 15.5 Å². The first-order valence-corrected chi connectivity index (χ1v) is 12.1. The molecule has 4 aliphatic carbocycles. The van der Waals surface area contributed by atoms with Crippen molar-refractivity contribution < 1.29 is 9.59 Å². The van der Waals surface area contributed by atoms with Gasteiger partial charge in [-0.25, -0.2) is 9.67 Å². The molecule has 9 heteroatoms. The Bertz CT molecular complexity index is 1400. The minimum Gasteiger partial charge on any atom is -0.326 e. The molecule has 1 amide bonds. The van der Waals surface area contributed by atoms with Crippen molar-refractivity contribution in [3.8, 4) is 0 Å². The lowest BCUT2D eigenvalue weighted by molar-refractivity contribution is -0.126. The van der Waals surface area contributed by atoms with E-state index in [9.17, 15) is 9.59 Å². The summed E-state index contributed by atoms with van der Waals surface area (Å²) < 4.78 is 3.85. The van der Waals surface area contributed by atoms with Gasteiger partial charge in [-0.05, 0) is 48.6 Å². The third-order valence-corrected chi connectivity index (χ3v) is 9.10. The molecule has 5 atom stereocenters. The normalized spacial score (nSPS) is 28.0. The minimum atomic E-state index is -0.122. The fourth-order valence-electron chi connectivity index (χ4n) is 5.60. The average Bonchev–Trinajstić information content (AvgIpc) is 3.29. The van der Waals surface area contributed by atoms with Gasteiger partial charge in [0.15, 0.2) is 4.34 Å². The van der Waals surface area contributed by atoms with Crippen molar-refractivity contribution in [1.29, 1.82) is 0 Å². The van der Waals surface area contributed by atoms with Crippen LogP contribution in [0.2, 0.25) is 0 Å². The van der Waals surface area contributed by atoms with Gasteiger partial charge in [0.05, 0.1) is 27.5 Å². The zero-order chi connectivity index (χ0) is 20.7. The number of Topliss-reactive ketones (excluding diaryl/α,β-unsaturated/α-hetero) is 1. The fraction of sp³-hybridized carbons (Fsp3) is 0.318. The smallest absolute Gasteiger partial charge is 0.228 e. The molecule has 4 bridgehead atoms. The lowest BCUT2D eigenvalue weighted by Gasteiger charge is -2.13. The number of carbonyl (C=O) groups is 2. The number of anilines is 1. The molecule has 2 aromatic carbocycles. The van der Waals surface area contributed by atoms with E-state index in [0.29, 0.717) is 23.5 Å². The Hall–Kier alpha value is -2.78. The van der Waals surface area contributed by atoms with Crippen LogP contribution in [0.5, 0.6) is 0 Å². The maximum Gasteiger partial charge on any atom is 0.228 e. The van der Waals surface area contributed by atoms with Gasteiger partial charge in [-0.3, -0.25) is 9.59 Å². The summed E-state index contributed by atoms with van der Waals surface area (Å²) >= 11 is 3.21. The van der Waals surface area contributed by atoms with E-state index in [4.69, 9.17) is 4.98 Å². The first kappa shape index (κ1) is 17.9. The Kier molecular flexibility index (Phi) is 3.67. The van der Waals surface area contributed by atoms with Crippen LogP contribution in [0.3, 0.4) is 0 Å². The molecule has 4 aliphatic rings. The Morgan fingerprint density at radius 2 is 2.13 bits per heavy atom. The molecule has 2 heterocycles. The first-order chi connectivity index (χ1) is 15.2. The summed E-state index contributed by atoms with van der Waals surface area (Å²) in [7, 11) is 0. The van der Waals surface area contributed by atoms with E-state index in [1.807, 2.05) is 47.1 Å². The largest absolute Gasteiger partial charge is 0.326 e. The SMILES string of the molecule is O=C(Nc1ccc2nc(SCn3nnc4ccccc43)sc2c1)C1C2CC3C(C2=O)C31. The highest BCUT2D eigenvalue weighted by Crippen LogP contribution is 2.71. The summed E-state index contributed by atoms with van der Waals surface area (Å²) in [4.78, 5) is 29.7. The zero-order valence-corrected chi connectivity index (χ0v) is 17.9. The third kappa shape index (κ3) is 2.62. The van der Waals surface area contributed by atoms with Crippen LogP contribution in [0.25, 0.3) is 21.3 Å². The summed E-state index contributed by atoms with van der Waals surface area (Å²) in [6.07, 6.45) is 0.918. The van der Waals surface area contributed by atoms with E-state index >= 15 is 0 Å². The van der Waals surface area contributed by atoms with Gasteiger partial charge >= 0.3 is 0 Å². The number of aromatic nitrogens is 4. The Labute approximate surface area is 185 Å². The second kappa shape index (κ2) is 6.37. The number of ketones is 1. The van der Waals surface area contributed by atoms with Gasteiger partial charge in [0.25, 0.3) is 0 Å². The number of fused-ring (bicyclic) bond motifs is 2. The molecule has 1 N–H and O–H groups in total. The highest BCUT2D eigenvalue weighted by Gasteiger charge is 2.75. The summed E-state index contributed by atoms with van der Waals surface area (Å²) in [5.74, 6) is 1.78. The molecule has 4 saturated carbocycles. The number of para-hydroxylation sites is 1. The number of benzene rings is 2. The molecular weight excluding hydrogens is 430 g/mol. The fourth-order valence-corrected chi connectivity index (χ4v) is 7.58. The van der Waals surface area contributed by atoms with Crippen molar-refractivity contribution >= 4 is 61.7 Å². The summed E-state index contributed by atoms with van der Waals surface area (Å²) in [5.41, 5.74) is 3.57. The number of carbonyl (C=O) groups excluding carboxylic acids is 2. The Morgan fingerprint density at radius 1 is 1.23 bits per heavy atom. The standard InChI is InChI=1S/C22H17N5O2S2/c28-20-12-8-11-17(18(11)20)19(12)21(29)23-10-5-6-14-16(7-10)31-22(24-14)30-9-27-15-4-2-1-3-13(15)25-26-27/h1-7,11-12,17-19H,8-9H2,(H,23,29). The van der Waals surface area contributed by atoms with E-state index in [-0.39, 0.29) is 23.7 Å². The van der Waals surface area contributed by atoms with Crippen LogP contribution in [0, 0.1) is 29.6 Å². The zero-order valence-electron chi connectivity index (χ0n) is 16.3. The number of rotatable bonds is 5. The van der Waals surface area contributed by atoms with E-state index in [2.05, 4.69) is 15.6 Å². The molecule has 4 aromatic rings. The molecule has 0 radical (unpaired) electrons. The van der Waals surface area contributed by atoms with Gasteiger partial charge in [0.2, 0.25) is 5.91 Å². The average molecular weight is 448 g/mol. The van der Waals surface area contributed by atoms with Crippen LogP contribution in [0.1, 0.15) is 6.42 Å². The van der Waals surface area contributed by atoms with E-state index in [1.54, 1.807) is 23.1 Å². The lowest BCUT2D eigenvalue weighted by Crippen LogP contribution is -2.27. The van der Waals surface area contributed by atoms with Crippen LogP contribution in [0.15, 0.2) is 46.8 Å². The number of thioether (sulfide) groups is 1. The molecule has 7 nitrogen and oxygen atoms in total. The van der Waals surface area contributed by atoms with E-state index < -0.39 is 0 Å². The Morgan fingerprint density at radius 3 is 2.94 bits per heavy atom. The molecule has 0 spiro atoms. The summed E-state index contributed by atoms with van der Waals surface area (Å²) in [6, 6.07) is 13.7. The van der Waals surface area contributed by atoms with Crippen molar-refractivity contribution in [3.63, 3.8) is 0 Å². The summed E-state index contributed by atoms with van der Waals surface area (Å²) in [5, 5.41) is 11.5. The van der Waals surface area contributed by atoms with Gasteiger partial charge in [0, 0.05) is 17.5 Å². The van der Waals surface area contributed by atoms with Crippen LogP contribution in [0.4, 0.5) is 5.69 Å². The van der Waals surface area contributed by atoms with Gasteiger partial charge in [-0.1, -0.05) is 29.1 Å². The molecule has 0 aliphatic heterocycles. The number of nitrogens with one attached hydrogen (secondary N) is 1. The van der Waals surface area contributed by atoms with E-state index in [1.165, 1.54) is 0 Å².